The second kappa shape index (κ2) is 9.49. The number of halogens is 2. The minimum atomic E-state index is -1.16. The molecular formula is C32H35F2N5O3. The maximum Gasteiger partial charge on any atom is 0.244 e. The van der Waals surface area contributed by atoms with E-state index in [0.29, 0.717) is 18.5 Å². The van der Waals surface area contributed by atoms with Gasteiger partial charge in [-0.2, -0.15) is 0 Å². The topological polar surface area (TPSA) is 85.0 Å². The van der Waals surface area contributed by atoms with E-state index in [2.05, 4.69) is 16.7 Å². The van der Waals surface area contributed by atoms with Gasteiger partial charge in [0.05, 0.1) is 16.5 Å². The fraction of sp³-hybridized carbons (Fsp3) is 0.406. The smallest absolute Gasteiger partial charge is 0.244 e. The van der Waals surface area contributed by atoms with Gasteiger partial charge in [-0.15, -0.1) is 0 Å². The Kier molecular flexibility index (Phi) is 6.34. The van der Waals surface area contributed by atoms with Crippen molar-refractivity contribution in [1.29, 1.82) is 0 Å². The van der Waals surface area contributed by atoms with E-state index in [-0.39, 0.29) is 30.5 Å². The molecule has 2 atom stereocenters. The molecule has 1 fully saturated rings. The summed E-state index contributed by atoms with van der Waals surface area (Å²) in [4.78, 5) is 45.7. The average molecular weight is 576 g/mol. The number of anilines is 1. The molecule has 2 aromatic carbocycles. The van der Waals surface area contributed by atoms with Crippen LogP contribution in [-0.4, -0.2) is 71.7 Å². The zero-order valence-corrected chi connectivity index (χ0v) is 24.5. The van der Waals surface area contributed by atoms with Crippen LogP contribution in [-0.2, 0) is 32.8 Å². The fourth-order valence-corrected chi connectivity index (χ4v) is 6.87. The second-order valence-corrected chi connectivity index (χ2v) is 12.7. The maximum absolute atomic E-state index is 14.3. The number of rotatable bonds is 4. The van der Waals surface area contributed by atoms with Crippen LogP contribution in [0.15, 0.2) is 59.9 Å². The lowest BCUT2D eigenvalue weighted by Gasteiger charge is -2.54. The molecule has 2 N–H and O–H groups in total. The molecule has 2 aromatic rings. The van der Waals surface area contributed by atoms with Crippen LogP contribution in [0.4, 0.5) is 14.5 Å². The number of nitrogens with zero attached hydrogens (tertiary/aromatic N) is 3. The van der Waals surface area contributed by atoms with Crippen LogP contribution in [0, 0.1) is 17.0 Å². The van der Waals surface area contributed by atoms with Gasteiger partial charge in [-0.25, -0.2) is 8.78 Å². The number of amides is 3. The molecule has 10 heteroatoms. The second-order valence-electron chi connectivity index (χ2n) is 12.7. The van der Waals surface area contributed by atoms with Gasteiger partial charge in [-0.3, -0.25) is 19.3 Å². The van der Waals surface area contributed by atoms with E-state index in [9.17, 15) is 23.2 Å². The van der Waals surface area contributed by atoms with E-state index in [1.165, 1.54) is 17.0 Å². The first-order valence-electron chi connectivity index (χ1n) is 14.1. The van der Waals surface area contributed by atoms with Gasteiger partial charge < -0.3 is 20.4 Å². The van der Waals surface area contributed by atoms with E-state index in [4.69, 9.17) is 0 Å². The van der Waals surface area contributed by atoms with Gasteiger partial charge in [-0.1, -0.05) is 18.2 Å². The van der Waals surface area contributed by atoms with Gasteiger partial charge in [0.2, 0.25) is 17.7 Å². The lowest BCUT2D eigenvalue weighted by Crippen LogP contribution is -2.70. The molecule has 3 amide bonds. The van der Waals surface area contributed by atoms with Gasteiger partial charge >= 0.3 is 0 Å². The summed E-state index contributed by atoms with van der Waals surface area (Å²) in [6.45, 7) is 5.95. The van der Waals surface area contributed by atoms with Crippen molar-refractivity contribution in [3.8, 4) is 0 Å². The lowest BCUT2D eigenvalue weighted by molar-refractivity contribution is -0.162. The highest BCUT2D eigenvalue weighted by molar-refractivity contribution is 5.97. The Hall–Kier alpha value is -4.05. The molecule has 2 unspecified atom stereocenters. The van der Waals surface area contributed by atoms with Crippen molar-refractivity contribution in [2.45, 2.75) is 44.7 Å². The Morgan fingerprint density at radius 3 is 2.40 bits per heavy atom. The molecule has 0 bridgehead atoms. The van der Waals surface area contributed by atoms with Crippen LogP contribution < -0.4 is 10.6 Å². The predicted molar refractivity (Wildman–Crippen MR) is 154 cm³/mol. The highest BCUT2D eigenvalue weighted by Crippen LogP contribution is 2.49. The summed E-state index contributed by atoms with van der Waals surface area (Å²) >= 11 is 0. The van der Waals surface area contributed by atoms with Gasteiger partial charge in [0.25, 0.3) is 0 Å². The summed E-state index contributed by atoms with van der Waals surface area (Å²) < 4.78 is 28.5. The summed E-state index contributed by atoms with van der Waals surface area (Å²) in [5.41, 5.74) is 1.10. The van der Waals surface area contributed by atoms with Crippen molar-refractivity contribution >= 4 is 23.4 Å². The molecule has 8 nitrogen and oxygen atoms in total. The zero-order valence-electron chi connectivity index (χ0n) is 24.5. The number of fused-ring (bicyclic) bond motifs is 2. The number of likely N-dealkylation sites (N-methyl/N-ethyl adjacent to an activating group) is 2. The number of hydrogen-bond acceptors (Lipinski definition) is 5. The summed E-state index contributed by atoms with van der Waals surface area (Å²) in [6, 6.07) is 8.84. The molecule has 1 saturated heterocycles. The highest BCUT2D eigenvalue weighted by Gasteiger charge is 2.53. The maximum atomic E-state index is 14.3. The van der Waals surface area contributed by atoms with Crippen LogP contribution in [0.5, 0.6) is 0 Å². The lowest BCUT2D eigenvalue weighted by atomic mass is 9.77. The molecule has 1 spiro atoms. The van der Waals surface area contributed by atoms with Gasteiger partial charge in [-0.05, 0) is 81.6 Å². The summed E-state index contributed by atoms with van der Waals surface area (Å²) in [7, 11) is 3.74. The summed E-state index contributed by atoms with van der Waals surface area (Å²) in [5, 5.41) is 5.98. The Labute approximate surface area is 244 Å². The van der Waals surface area contributed by atoms with E-state index in [1.807, 2.05) is 35.1 Å². The van der Waals surface area contributed by atoms with Crippen molar-refractivity contribution < 1.29 is 23.2 Å². The minimum absolute atomic E-state index is 0.0167. The molecule has 220 valence electrons. The number of carbonyl (C=O) groups excluding carboxylic acids is 3. The van der Waals surface area contributed by atoms with Crippen molar-refractivity contribution in [1.82, 2.24) is 20.0 Å². The number of benzene rings is 2. The molecule has 0 saturated carbocycles. The molecule has 6 rings (SSSR count). The van der Waals surface area contributed by atoms with Crippen LogP contribution >= 0.6 is 0 Å². The highest BCUT2D eigenvalue weighted by atomic mass is 19.1. The van der Waals surface area contributed by atoms with Crippen LogP contribution in [0.1, 0.15) is 37.5 Å². The van der Waals surface area contributed by atoms with Crippen LogP contribution in [0.3, 0.4) is 0 Å². The predicted octanol–water partition coefficient (Wildman–Crippen LogP) is 3.30. The molecule has 3 heterocycles. The van der Waals surface area contributed by atoms with Gasteiger partial charge in [0, 0.05) is 37.5 Å². The van der Waals surface area contributed by atoms with Crippen molar-refractivity contribution in [3.63, 3.8) is 0 Å². The Morgan fingerprint density at radius 2 is 1.69 bits per heavy atom. The quantitative estimate of drug-likeness (QED) is 0.585. The standard InChI is InChI=1S/C32H35F2N5O3/c1-30(2)29(42)39(31(3,18-38(30)5)21-12-22(33)14-23(34)13-21)17-26(40)35-24-9-8-19-15-32(16-20(19)11-24)25-7-6-10-37(4)27(25)36-28(32)41/h6-9,11-14H,10,15-18H2,1-5H3,(H,35,40)(H,36,41). The Balaban J connectivity index is 1.25. The summed E-state index contributed by atoms with van der Waals surface area (Å²) in [5.74, 6) is -1.42. The number of allylic oxidation sites excluding steroid dienone is 1. The van der Waals surface area contributed by atoms with Crippen LogP contribution in [0.2, 0.25) is 0 Å². The third-order valence-corrected chi connectivity index (χ3v) is 9.61. The van der Waals surface area contributed by atoms with E-state index >= 15 is 0 Å². The number of piperazine rings is 1. The molecule has 0 radical (unpaired) electrons. The van der Waals surface area contributed by atoms with E-state index in [0.717, 1.165) is 35.1 Å². The molecule has 4 aliphatic rings. The van der Waals surface area contributed by atoms with Gasteiger partial charge in [0.1, 0.15) is 24.0 Å². The van der Waals surface area contributed by atoms with Crippen molar-refractivity contribution in [2.24, 2.45) is 5.41 Å². The number of hydrogen-bond donors (Lipinski definition) is 2. The Bertz CT molecular complexity index is 1580. The zero-order chi connectivity index (χ0) is 30.2. The van der Waals surface area contributed by atoms with E-state index < -0.39 is 34.0 Å². The molecule has 1 aliphatic carbocycles. The third-order valence-electron chi connectivity index (χ3n) is 9.61. The number of nitrogens with one attached hydrogen (secondary N) is 2. The van der Waals surface area contributed by atoms with Crippen molar-refractivity contribution in [2.75, 3.05) is 39.0 Å². The van der Waals surface area contributed by atoms with Crippen molar-refractivity contribution in [3.05, 3.63) is 88.3 Å². The molecule has 0 aromatic heterocycles. The largest absolute Gasteiger partial charge is 0.357 e. The summed E-state index contributed by atoms with van der Waals surface area (Å²) in [6.07, 6.45) is 5.19. The van der Waals surface area contributed by atoms with Crippen LogP contribution in [0.25, 0.3) is 0 Å². The monoisotopic (exact) mass is 575 g/mol. The first kappa shape index (κ1) is 28.1. The Morgan fingerprint density at radius 1 is 1.00 bits per heavy atom. The molecule has 3 aliphatic heterocycles. The first-order chi connectivity index (χ1) is 19.7. The van der Waals surface area contributed by atoms with E-state index in [1.54, 1.807) is 33.9 Å². The SMILES string of the molecule is CN1CC=CC2=C1NC(=O)C21Cc2ccc(NC(=O)CN3C(=O)C(C)(C)N(C)CC3(C)c3cc(F)cc(F)c3)cc2C1. The third kappa shape index (κ3) is 4.22. The molecular weight excluding hydrogens is 540 g/mol. The fourth-order valence-electron chi connectivity index (χ4n) is 6.87. The van der Waals surface area contributed by atoms with Gasteiger partial charge in [0.15, 0.2) is 0 Å². The number of carbonyl (C=O) groups is 3. The molecule has 42 heavy (non-hydrogen) atoms. The normalized spacial score (nSPS) is 26.5. The average Bonchev–Trinajstić information content (AvgIpc) is 3.43. The first-order valence-corrected chi connectivity index (χ1v) is 14.1. The minimum Gasteiger partial charge on any atom is -0.357 e.